The molecule has 0 bridgehead atoms. The molecule has 2 N–H and O–H groups in total. The largest absolute Gasteiger partial charge is 0.466 e. The van der Waals surface area contributed by atoms with Crippen LogP contribution >= 0.6 is 23.2 Å². The smallest absolute Gasteiger partial charge is 0.308 e. The van der Waals surface area contributed by atoms with Crippen molar-refractivity contribution in [2.24, 2.45) is 0 Å². The molecule has 0 radical (unpaired) electrons. The molecule has 33 heavy (non-hydrogen) atoms. The molecule has 0 fully saturated rings. The molecule has 1 aliphatic rings. The number of pyridine rings is 1. The summed E-state index contributed by atoms with van der Waals surface area (Å²) in [6.07, 6.45) is 4.55. The van der Waals surface area contributed by atoms with Crippen LogP contribution in [0, 0.1) is 0 Å². The fourth-order valence-electron chi connectivity index (χ4n) is 3.75. The van der Waals surface area contributed by atoms with Gasteiger partial charge in [0.2, 0.25) is 0 Å². The Morgan fingerprint density at radius 3 is 2.36 bits per heavy atom. The summed E-state index contributed by atoms with van der Waals surface area (Å²) in [6.45, 7) is 3.99. The molecule has 0 saturated carbocycles. The van der Waals surface area contributed by atoms with Crippen LogP contribution in [0.2, 0.25) is 10.0 Å². The molecule has 9 heteroatoms. The van der Waals surface area contributed by atoms with Gasteiger partial charge in [0.25, 0.3) is 5.91 Å². The monoisotopic (exact) mass is 489 g/mol. The Kier molecular flexibility index (Phi) is 8.47. The van der Waals surface area contributed by atoms with Crippen LogP contribution < -0.4 is 10.6 Å². The Labute approximate surface area is 202 Å². The average Bonchev–Trinajstić information content (AvgIpc) is 3.13. The Balaban J connectivity index is 1.80. The Bertz CT molecular complexity index is 1060. The van der Waals surface area contributed by atoms with E-state index < -0.39 is 5.91 Å². The number of anilines is 1. The quantitative estimate of drug-likeness (QED) is 0.466. The van der Waals surface area contributed by atoms with E-state index in [-0.39, 0.29) is 46.4 Å². The zero-order chi connectivity index (χ0) is 24.0. The minimum atomic E-state index is -0.455. The Morgan fingerprint density at radius 2 is 1.76 bits per heavy atom. The number of halogens is 2. The molecule has 1 aromatic carbocycles. The van der Waals surface area contributed by atoms with Crippen molar-refractivity contribution >= 4 is 46.5 Å². The number of benzene rings is 1. The van der Waals surface area contributed by atoms with Gasteiger partial charge in [0.15, 0.2) is 5.78 Å². The second-order valence-electron chi connectivity index (χ2n) is 7.49. The summed E-state index contributed by atoms with van der Waals surface area (Å²) >= 11 is 12.1. The first-order valence-corrected chi connectivity index (χ1v) is 11.5. The molecule has 1 aliphatic carbocycles. The topological polar surface area (TPSA) is 97.4 Å². The number of hydrogen-bond acceptors (Lipinski definition) is 6. The van der Waals surface area contributed by atoms with Gasteiger partial charge in [0, 0.05) is 35.8 Å². The number of nitrogens with zero attached hydrogens (tertiary/aromatic N) is 1. The van der Waals surface area contributed by atoms with Gasteiger partial charge in [-0.05, 0) is 37.5 Å². The zero-order valence-electron chi connectivity index (χ0n) is 18.4. The lowest BCUT2D eigenvalue weighted by atomic mass is 10.0. The molecule has 1 heterocycles. The van der Waals surface area contributed by atoms with Crippen LogP contribution in [0.1, 0.15) is 61.5 Å². The first-order chi connectivity index (χ1) is 15.8. The van der Waals surface area contributed by atoms with Crippen LogP contribution in [-0.4, -0.2) is 29.3 Å². The maximum Gasteiger partial charge on any atom is 0.308 e. The highest BCUT2D eigenvalue weighted by molar-refractivity contribution is 6.40. The van der Waals surface area contributed by atoms with Crippen LogP contribution in [0.4, 0.5) is 5.69 Å². The van der Waals surface area contributed by atoms with Gasteiger partial charge in [-0.1, -0.05) is 42.3 Å². The summed E-state index contributed by atoms with van der Waals surface area (Å²) in [5.74, 6) is -0.651. The lowest BCUT2D eigenvalue weighted by Gasteiger charge is -2.21. The molecule has 174 valence electrons. The van der Waals surface area contributed by atoms with Crippen molar-refractivity contribution in [3.8, 4) is 0 Å². The second-order valence-corrected chi connectivity index (χ2v) is 8.31. The molecule has 1 atom stereocenters. The first kappa shape index (κ1) is 24.7. The van der Waals surface area contributed by atoms with E-state index in [0.717, 1.165) is 16.8 Å². The van der Waals surface area contributed by atoms with Crippen molar-refractivity contribution in [3.63, 3.8) is 0 Å². The molecular weight excluding hydrogens is 465 g/mol. The lowest BCUT2D eigenvalue weighted by molar-refractivity contribution is -0.143. The maximum absolute atomic E-state index is 12.6. The number of carbonyl (C=O) groups excluding carboxylic acids is 3. The number of aromatic nitrogens is 1. The summed E-state index contributed by atoms with van der Waals surface area (Å²) in [7, 11) is 0. The normalized spacial score (nSPS) is 14.2. The van der Waals surface area contributed by atoms with E-state index in [2.05, 4.69) is 15.6 Å². The molecule has 0 spiro atoms. The SMILES string of the molecule is CCOC(=O)CC(NC1=C(CC)C(=O)CC1)c1ccc(NC(=O)c2c(Cl)cncc2Cl)cc1. The number of rotatable bonds is 9. The van der Waals surface area contributed by atoms with Gasteiger partial charge in [-0.2, -0.15) is 0 Å². The Hall–Kier alpha value is -2.90. The first-order valence-electron chi connectivity index (χ1n) is 10.7. The molecular formula is C24H25Cl2N3O4. The third kappa shape index (κ3) is 6.12. The van der Waals surface area contributed by atoms with Gasteiger partial charge >= 0.3 is 5.97 Å². The molecule has 2 aromatic rings. The van der Waals surface area contributed by atoms with Crippen molar-refractivity contribution in [1.29, 1.82) is 0 Å². The molecule has 0 aliphatic heterocycles. The van der Waals surface area contributed by atoms with E-state index in [4.69, 9.17) is 27.9 Å². The van der Waals surface area contributed by atoms with Gasteiger partial charge in [0.1, 0.15) is 0 Å². The number of nitrogens with one attached hydrogen (secondary N) is 2. The van der Waals surface area contributed by atoms with Crippen LogP contribution in [-0.2, 0) is 14.3 Å². The van der Waals surface area contributed by atoms with E-state index in [9.17, 15) is 14.4 Å². The molecule has 7 nitrogen and oxygen atoms in total. The van der Waals surface area contributed by atoms with Crippen LogP contribution in [0.25, 0.3) is 0 Å². The third-order valence-corrected chi connectivity index (χ3v) is 5.91. The maximum atomic E-state index is 12.6. The molecule has 1 unspecified atom stereocenters. The van der Waals surface area contributed by atoms with E-state index in [1.165, 1.54) is 12.4 Å². The predicted molar refractivity (Wildman–Crippen MR) is 127 cm³/mol. The highest BCUT2D eigenvalue weighted by atomic mass is 35.5. The van der Waals surface area contributed by atoms with Crippen molar-refractivity contribution in [2.45, 2.75) is 45.6 Å². The third-order valence-electron chi connectivity index (χ3n) is 5.33. The number of ketones is 1. The van der Waals surface area contributed by atoms with Crippen molar-refractivity contribution in [1.82, 2.24) is 10.3 Å². The van der Waals surface area contributed by atoms with E-state index in [1.807, 2.05) is 19.1 Å². The standard InChI is InChI=1S/C24H25Cl2N3O4/c1-3-16-19(9-10-21(16)30)29-20(11-22(31)33-4-2)14-5-7-15(8-6-14)28-24(32)23-17(25)12-27-13-18(23)26/h5-8,12-13,20,29H,3-4,9-11H2,1-2H3,(H,28,32). The van der Waals surface area contributed by atoms with Gasteiger partial charge in [0.05, 0.1) is 34.7 Å². The van der Waals surface area contributed by atoms with E-state index in [1.54, 1.807) is 19.1 Å². The number of allylic oxidation sites excluding steroid dienone is 2. The number of ether oxygens (including phenoxy) is 1. The van der Waals surface area contributed by atoms with Crippen molar-refractivity contribution in [3.05, 3.63) is 69.1 Å². The molecule has 0 saturated heterocycles. The predicted octanol–water partition coefficient (Wildman–Crippen LogP) is 5.25. The fraction of sp³-hybridized carbons (Fsp3) is 0.333. The molecule has 3 rings (SSSR count). The van der Waals surface area contributed by atoms with Gasteiger partial charge in [-0.25, -0.2) is 0 Å². The highest BCUT2D eigenvalue weighted by Gasteiger charge is 2.25. The fourth-order valence-corrected chi connectivity index (χ4v) is 4.28. The van der Waals surface area contributed by atoms with Crippen LogP contribution in [0.3, 0.4) is 0 Å². The number of esters is 1. The van der Waals surface area contributed by atoms with Crippen LogP contribution in [0.15, 0.2) is 47.9 Å². The number of Topliss-reactive ketones (excluding diaryl/α,β-unsaturated/α-hetero) is 1. The van der Waals surface area contributed by atoms with Gasteiger partial charge < -0.3 is 15.4 Å². The summed E-state index contributed by atoms with van der Waals surface area (Å²) in [4.78, 5) is 40.8. The van der Waals surface area contributed by atoms with Gasteiger partial charge in [-0.3, -0.25) is 19.4 Å². The number of carbonyl (C=O) groups is 3. The average molecular weight is 490 g/mol. The second kappa shape index (κ2) is 11.3. The Morgan fingerprint density at radius 1 is 1.09 bits per heavy atom. The lowest BCUT2D eigenvalue weighted by Crippen LogP contribution is -2.25. The molecule has 1 amide bonds. The minimum absolute atomic E-state index is 0.108. The highest BCUT2D eigenvalue weighted by Crippen LogP contribution is 2.29. The van der Waals surface area contributed by atoms with E-state index >= 15 is 0 Å². The minimum Gasteiger partial charge on any atom is -0.466 e. The van der Waals surface area contributed by atoms with Gasteiger partial charge in [-0.15, -0.1) is 0 Å². The number of amides is 1. The van der Waals surface area contributed by atoms with Crippen molar-refractivity contribution in [2.75, 3.05) is 11.9 Å². The zero-order valence-corrected chi connectivity index (χ0v) is 19.9. The van der Waals surface area contributed by atoms with Crippen LogP contribution in [0.5, 0.6) is 0 Å². The summed E-state index contributed by atoms with van der Waals surface area (Å²) in [5.41, 5.74) is 3.15. The summed E-state index contributed by atoms with van der Waals surface area (Å²) in [5, 5.41) is 6.45. The van der Waals surface area contributed by atoms with Crippen molar-refractivity contribution < 1.29 is 19.1 Å². The van der Waals surface area contributed by atoms with E-state index in [0.29, 0.717) is 24.9 Å². The summed E-state index contributed by atoms with van der Waals surface area (Å²) < 4.78 is 5.13. The molecule has 1 aromatic heterocycles. The number of hydrogen-bond donors (Lipinski definition) is 2. The summed E-state index contributed by atoms with van der Waals surface area (Å²) in [6, 6.07) is 6.70.